The van der Waals surface area contributed by atoms with E-state index < -0.39 is 5.72 Å². The molecule has 1 saturated carbocycles. The Bertz CT molecular complexity index is 653. The second-order valence-electron chi connectivity index (χ2n) is 6.13. The summed E-state index contributed by atoms with van der Waals surface area (Å²) in [4.78, 5) is 0. The molecule has 3 nitrogen and oxygen atoms in total. The van der Waals surface area contributed by atoms with E-state index in [0.717, 1.165) is 29.7 Å². The van der Waals surface area contributed by atoms with E-state index in [9.17, 15) is 5.21 Å². The zero-order valence-corrected chi connectivity index (χ0v) is 12.1. The summed E-state index contributed by atoms with van der Waals surface area (Å²) in [6, 6.07) is 18.0. The van der Waals surface area contributed by atoms with Gasteiger partial charge in [0.1, 0.15) is 5.75 Å². The van der Waals surface area contributed by atoms with Crippen LogP contribution in [0.15, 0.2) is 54.6 Å². The lowest BCUT2D eigenvalue weighted by atomic mass is 9.92. The van der Waals surface area contributed by atoms with Gasteiger partial charge in [-0.05, 0) is 31.4 Å². The van der Waals surface area contributed by atoms with E-state index in [-0.39, 0.29) is 6.04 Å². The van der Waals surface area contributed by atoms with Gasteiger partial charge < -0.3 is 9.94 Å². The second kappa shape index (κ2) is 4.58. The SMILES string of the molecule is CC1(C2CC2)Oc2ccccc2C(c2ccccc2)N1O. The van der Waals surface area contributed by atoms with Gasteiger partial charge in [0, 0.05) is 11.5 Å². The van der Waals surface area contributed by atoms with Crippen LogP contribution in [0.5, 0.6) is 5.75 Å². The number of benzene rings is 2. The molecule has 2 aliphatic rings. The van der Waals surface area contributed by atoms with E-state index in [0.29, 0.717) is 5.92 Å². The molecule has 1 aliphatic heterocycles. The molecule has 2 unspecified atom stereocenters. The van der Waals surface area contributed by atoms with Crippen LogP contribution in [0.25, 0.3) is 0 Å². The van der Waals surface area contributed by atoms with Gasteiger partial charge in [0.2, 0.25) is 0 Å². The first kappa shape index (κ1) is 12.9. The fourth-order valence-electron chi connectivity index (χ4n) is 3.30. The Balaban J connectivity index is 1.86. The zero-order chi connectivity index (χ0) is 14.4. The van der Waals surface area contributed by atoms with Gasteiger partial charge in [-0.15, -0.1) is 5.06 Å². The highest BCUT2D eigenvalue weighted by Crippen LogP contribution is 2.51. The maximum Gasteiger partial charge on any atom is 0.185 e. The van der Waals surface area contributed by atoms with E-state index in [4.69, 9.17) is 4.74 Å². The first-order chi connectivity index (χ1) is 10.2. The van der Waals surface area contributed by atoms with Crippen molar-refractivity contribution in [1.29, 1.82) is 0 Å². The second-order valence-corrected chi connectivity index (χ2v) is 6.13. The van der Waals surface area contributed by atoms with Crippen LogP contribution in [0, 0.1) is 5.92 Å². The van der Waals surface area contributed by atoms with Gasteiger partial charge in [-0.2, -0.15) is 0 Å². The van der Waals surface area contributed by atoms with Gasteiger partial charge in [0.15, 0.2) is 5.72 Å². The number of para-hydroxylation sites is 1. The molecule has 1 heterocycles. The normalized spacial score (nSPS) is 28.8. The Morgan fingerprint density at radius 1 is 1.05 bits per heavy atom. The van der Waals surface area contributed by atoms with Gasteiger partial charge in [-0.1, -0.05) is 48.5 Å². The Morgan fingerprint density at radius 2 is 1.71 bits per heavy atom. The van der Waals surface area contributed by atoms with Gasteiger partial charge >= 0.3 is 0 Å². The molecule has 2 aromatic rings. The van der Waals surface area contributed by atoms with E-state index in [1.54, 1.807) is 0 Å². The summed E-state index contributed by atoms with van der Waals surface area (Å²) in [5.41, 5.74) is 1.46. The third kappa shape index (κ3) is 1.96. The van der Waals surface area contributed by atoms with Crippen LogP contribution < -0.4 is 4.74 Å². The summed E-state index contributed by atoms with van der Waals surface area (Å²) in [5, 5.41) is 12.3. The summed E-state index contributed by atoms with van der Waals surface area (Å²) < 4.78 is 6.18. The maximum absolute atomic E-state index is 10.9. The van der Waals surface area contributed by atoms with E-state index in [1.165, 1.54) is 5.06 Å². The lowest BCUT2D eigenvalue weighted by molar-refractivity contribution is -0.278. The average Bonchev–Trinajstić information content (AvgIpc) is 3.35. The van der Waals surface area contributed by atoms with Crippen LogP contribution in [-0.4, -0.2) is 16.0 Å². The van der Waals surface area contributed by atoms with Crippen molar-refractivity contribution in [2.75, 3.05) is 0 Å². The first-order valence-corrected chi connectivity index (χ1v) is 7.51. The minimum Gasteiger partial charge on any atom is -0.470 e. The topological polar surface area (TPSA) is 32.7 Å². The number of hydroxylamine groups is 2. The van der Waals surface area contributed by atoms with Crippen molar-refractivity contribution in [3.8, 4) is 5.75 Å². The molecule has 2 aromatic carbocycles. The first-order valence-electron chi connectivity index (χ1n) is 7.51. The van der Waals surface area contributed by atoms with E-state index >= 15 is 0 Å². The fraction of sp³-hybridized carbons (Fsp3) is 0.333. The lowest BCUT2D eigenvalue weighted by Crippen LogP contribution is -2.55. The van der Waals surface area contributed by atoms with Crippen molar-refractivity contribution in [3.05, 3.63) is 65.7 Å². The highest BCUT2D eigenvalue weighted by molar-refractivity contribution is 5.43. The Labute approximate surface area is 124 Å². The van der Waals surface area contributed by atoms with Crippen molar-refractivity contribution in [3.63, 3.8) is 0 Å². The van der Waals surface area contributed by atoms with Crippen molar-refractivity contribution in [1.82, 2.24) is 5.06 Å². The van der Waals surface area contributed by atoms with Gasteiger partial charge in [-0.25, -0.2) is 0 Å². The van der Waals surface area contributed by atoms with Crippen LogP contribution in [0.1, 0.15) is 36.9 Å². The number of rotatable bonds is 2. The molecule has 0 bridgehead atoms. The Morgan fingerprint density at radius 3 is 2.43 bits per heavy atom. The minimum atomic E-state index is -0.644. The number of fused-ring (bicyclic) bond motifs is 1. The van der Waals surface area contributed by atoms with Crippen LogP contribution >= 0.6 is 0 Å². The molecular weight excluding hydrogens is 262 g/mol. The largest absolute Gasteiger partial charge is 0.470 e. The van der Waals surface area contributed by atoms with Crippen molar-refractivity contribution in [2.45, 2.75) is 31.5 Å². The molecule has 2 atom stereocenters. The predicted octanol–water partition coefficient (Wildman–Crippen LogP) is 3.99. The molecule has 21 heavy (non-hydrogen) atoms. The zero-order valence-electron chi connectivity index (χ0n) is 12.1. The van der Waals surface area contributed by atoms with Crippen molar-refractivity contribution < 1.29 is 9.94 Å². The number of nitrogens with zero attached hydrogens (tertiary/aromatic N) is 1. The van der Waals surface area contributed by atoms with Gasteiger partial charge in [-0.3, -0.25) is 0 Å². The fourth-order valence-corrected chi connectivity index (χ4v) is 3.30. The highest BCUT2D eigenvalue weighted by atomic mass is 16.6. The molecule has 1 N–H and O–H groups in total. The summed E-state index contributed by atoms with van der Waals surface area (Å²) in [6.45, 7) is 2.00. The summed E-state index contributed by atoms with van der Waals surface area (Å²) in [7, 11) is 0. The van der Waals surface area contributed by atoms with Crippen molar-refractivity contribution in [2.24, 2.45) is 5.92 Å². The maximum atomic E-state index is 10.9. The molecule has 1 aliphatic carbocycles. The van der Waals surface area contributed by atoms with Crippen molar-refractivity contribution >= 4 is 0 Å². The Hall–Kier alpha value is -1.84. The molecule has 3 heteroatoms. The molecular formula is C18H19NO2. The highest BCUT2D eigenvalue weighted by Gasteiger charge is 2.53. The summed E-state index contributed by atoms with van der Waals surface area (Å²) >= 11 is 0. The molecule has 0 spiro atoms. The van der Waals surface area contributed by atoms with E-state index in [2.05, 4.69) is 12.1 Å². The minimum absolute atomic E-state index is 0.179. The van der Waals surface area contributed by atoms with Gasteiger partial charge in [0.25, 0.3) is 0 Å². The molecule has 4 rings (SSSR count). The third-order valence-corrected chi connectivity index (χ3v) is 4.68. The predicted molar refractivity (Wildman–Crippen MR) is 80.1 cm³/mol. The molecule has 0 aromatic heterocycles. The lowest BCUT2D eigenvalue weighted by Gasteiger charge is -2.46. The van der Waals surface area contributed by atoms with Crippen LogP contribution in [-0.2, 0) is 0 Å². The number of ether oxygens (including phenoxy) is 1. The molecule has 0 amide bonds. The number of hydrogen-bond donors (Lipinski definition) is 1. The molecule has 0 radical (unpaired) electrons. The van der Waals surface area contributed by atoms with Gasteiger partial charge in [0.05, 0.1) is 6.04 Å². The number of hydrogen-bond acceptors (Lipinski definition) is 3. The van der Waals surface area contributed by atoms with Crippen LogP contribution in [0.2, 0.25) is 0 Å². The molecule has 0 saturated heterocycles. The third-order valence-electron chi connectivity index (χ3n) is 4.68. The monoisotopic (exact) mass is 281 g/mol. The Kier molecular flexibility index (Phi) is 2.81. The quantitative estimate of drug-likeness (QED) is 0.903. The summed E-state index contributed by atoms with van der Waals surface area (Å²) in [5.74, 6) is 1.27. The van der Waals surface area contributed by atoms with Crippen LogP contribution in [0.4, 0.5) is 0 Å². The molecule has 108 valence electrons. The smallest absolute Gasteiger partial charge is 0.185 e. The molecule has 1 fully saturated rings. The summed E-state index contributed by atoms with van der Waals surface area (Å²) in [6.07, 6.45) is 2.22. The average molecular weight is 281 g/mol. The standard InChI is InChI=1S/C18H19NO2/c1-18(14-11-12-14)19(20)17(13-7-3-2-4-8-13)15-9-5-6-10-16(15)21-18/h2-10,14,17,20H,11-12H2,1H3. The van der Waals surface area contributed by atoms with E-state index in [1.807, 2.05) is 49.4 Å². The van der Waals surface area contributed by atoms with Crippen LogP contribution in [0.3, 0.4) is 0 Å².